The number of nitrogens with zero attached hydrogens (tertiary/aromatic N) is 4. The lowest BCUT2D eigenvalue weighted by atomic mass is 9.99. The van der Waals surface area contributed by atoms with Crippen molar-refractivity contribution < 1.29 is 6.85 Å². The van der Waals surface area contributed by atoms with Gasteiger partial charge in [-0.05, 0) is 64.7 Å². The van der Waals surface area contributed by atoms with Gasteiger partial charge < -0.3 is 4.57 Å². The summed E-state index contributed by atoms with van der Waals surface area (Å²) in [4.78, 5) is 15.0. The summed E-state index contributed by atoms with van der Waals surface area (Å²) in [6, 6.07) is 53.7. The van der Waals surface area contributed by atoms with Crippen LogP contribution in [0.4, 0.5) is 0 Å². The number of para-hydroxylation sites is 3. The van der Waals surface area contributed by atoms with E-state index < -0.39 is 18.1 Å². The van der Waals surface area contributed by atoms with E-state index in [1.54, 1.807) is 11.3 Å². The van der Waals surface area contributed by atoms with Crippen molar-refractivity contribution >= 4 is 53.3 Å². The lowest BCUT2D eigenvalue weighted by Gasteiger charge is -2.14. The van der Waals surface area contributed by atoms with Crippen LogP contribution in [0.25, 0.3) is 104 Å². The third-order valence-electron chi connectivity index (χ3n) is 10.4. The highest BCUT2D eigenvalue weighted by atomic mass is 32.1. The maximum Gasteiger partial charge on any atom is 0.166 e. The maximum absolute atomic E-state index is 8.91. The number of hydrogen-bond donors (Lipinski definition) is 0. The lowest BCUT2D eigenvalue weighted by Crippen LogP contribution is -2.03. The third kappa shape index (κ3) is 5.40. The summed E-state index contributed by atoms with van der Waals surface area (Å²) in [7, 11) is 0. The van der Waals surface area contributed by atoms with Gasteiger partial charge in [0.1, 0.15) is 0 Å². The number of aromatic nitrogens is 4. The molecule has 8 aromatic carbocycles. The Kier molecular flexibility index (Phi) is 6.49. The molecule has 0 fully saturated rings. The zero-order valence-electron chi connectivity index (χ0n) is 34.8. The van der Waals surface area contributed by atoms with Crippen molar-refractivity contribution in [2.45, 2.75) is 0 Å². The van der Waals surface area contributed by atoms with Crippen LogP contribution >= 0.6 is 11.3 Å². The smallest absolute Gasteiger partial charge is 0.166 e. The van der Waals surface area contributed by atoms with E-state index in [2.05, 4.69) is 102 Å². The Morgan fingerprint density at radius 1 is 0.411 bits per heavy atom. The molecule has 0 aliphatic rings. The summed E-state index contributed by atoms with van der Waals surface area (Å²) in [5.74, 6) is 0.595. The molecule has 0 atom stereocenters. The van der Waals surface area contributed by atoms with E-state index in [-0.39, 0.29) is 23.5 Å². The highest BCUT2D eigenvalue weighted by Gasteiger charge is 2.19. The molecule has 4 nitrogen and oxygen atoms in total. The van der Waals surface area contributed by atoms with Gasteiger partial charge in [-0.1, -0.05) is 152 Å². The van der Waals surface area contributed by atoms with E-state index >= 15 is 0 Å². The minimum Gasteiger partial charge on any atom is -0.309 e. The van der Waals surface area contributed by atoms with Crippen LogP contribution in [-0.2, 0) is 0 Å². The molecule has 0 spiro atoms. The molecule has 262 valence electrons. The fourth-order valence-electron chi connectivity index (χ4n) is 7.80. The predicted octanol–water partition coefficient (Wildman–Crippen LogP) is 13.7. The normalized spacial score (nSPS) is 12.8. The summed E-state index contributed by atoms with van der Waals surface area (Å²) in [5, 5.41) is 4.58. The maximum atomic E-state index is 8.91. The number of benzene rings is 8. The quantitative estimate of drug-likeness (QED) is 0.171. The number of hydrogen-bond acceptors (Lipinski definition) is 4. The van der Waals surface area contributed by atoms with Gasteiger partial charge in [0.05, 0.1) is 23.6 Å². The van der Waals surface area contributed by atoms with Gasteiger partial charge in [-0.3, -0.25) is 0 Å². The minimum absolute atomic E-state index is 0.0137. The molecule has 0 aliphatic carbocycles. The molecule has 0 saturated heterocycles. The second-order valence-corrected chi connectivity index (χ2v) is 14.7. The molecule has 11 aromatic rings. The molecule has 0 amide bonds. The van der Waals surface area contributed by atoms with Crippen LogP contribution in [0, 0.1) is 0 Å². The molecular formula is C51H32N4S. The van der Waals surface area contributed by atoms with Gasteiger partial charge in [0.2, 0.25) is 0 Å². The first-order valence-corrected chi connectivity index (χ1v) is 19.2. The minimum atomic E-state index is -0.482. The Hall–Kier alpha value is -7.21. The molecule has 3 heterocycles. The average Bonchev–Trinajstić information content (AvgIpc) is 3.86. The van der Waals surface area contributed by atoms with Gasteiger partial charge >= 0.3 is 0 Å². The van der Waals surface area contributed by atoms with Gasteiger partial charge in [-0.2, -0.15) is 0 Å². The SMILES string of the molecule is [2H]c1c([2H])c([2H])c(-c2nc(-c3cccc(-c4cccc5c4sc4ccc(-c6ccccc6)cc45)c3)nc(-c3ccccc3-n3c4ccccc4c4ccccc43)n2)c([2H])c1[2H]. The van der Waals surface area contributed by atoms with E-state index in [0.717, 1.165) is 43.3 Å². The van der Waals surface area contributed by atoms with Crippen molar-refractivity contribution in [2.75, 3.05) is 0 Å². The Morgan fingerprint density at radius 3 is 1.82 bits per heavy atom. The summed E-state index contributed by atoms with van der Waals surface area (Å²) in [6.07, 6.45) is 0. The molecule has 5 heteroatoms. The molecule has 0 bridgehead atoms. The second kappa shape index (κ2) is 13.3. The summed E-state index contributed by atoms with van der Waals surface area (Å²) in [5.41, 5.74) is 8.50. The van der Waals surface area contributed by atoms with Crippen LogP contribution in [0.1, 0.15) is 6.85 Å². The highest BCUT2D eigenvalue weighted by Crippen LogP contribution is 2.42. The standard InChI is InChI=1S/C51H32N4S/c1-3-15-33(16-4-1)35-29-30-47-43(32-35)41-25-14-24-38(48(41)56-47)36-19-13-20-37(31-36)50-52-49(34-17-5-2-6-18-34)53-51(54-50)42-23-9-12-28-46(42)55-44-26-10-7-21-39(44)40-22-8-11-27-45(40)55/h1-32H/i2D,5D,6D,17D,18D. The van der Waals surface area contributed by atoms with Crippen molar-refractivity contribution in [3.05, 3.63) is 194 Å². The molecule has 0 unspecified atom stereocenters. The Bertz CT molecular complexity index is 3480. The van der Waals surface area contributed by atoms with Gasteiger partial charge in [-0.15, -0.1) is 11.3 Å². The van der Waals surface area contributed by atoms with Crippen LogP contribution in [0.5, 0.6) is 0 Å². The van der Waals surface area contributed by atoms with Crippen LogP contribution in [0.2, 0.25) is 0 Å². The van der Waals surface area contributed by atoms with Crippen LogP contribution in [-0.4, -0.2) is 19.5 Å². The zero-order chi connectivity index (χ0) is 41.4. The first-order valence-electron chi connectivity index (χ1n) is 20.9. The number of fused-ring (bicyclic) bond motifs is 6. The first-order chi connectivity index (χ1) is 29.8. The van der Waals surface area contributed by atoms with Gasteiger partial charge in [-0.25, -0.2) is 15.0 Å². The molecule has 11 rings (SSSR count). The molecule has 0 radical (unpaired) electrons. The predicted molar refractivity (Wildman–Crippen MR) is 234 cm³/mol. The van der Waals surface area contributed by atoms with E-state index in [4.69, 9.17) is 21.8 Å². The first kappa shape index (κ1) is 27.4. The van der Waals surface area contributed by atoms with E-state index in [0.29, 0.717) is 22.8 Å². The summed E-state index contributed by atoms with van der Waals surface area (Å²) >= 11 is 1.76. The van der Waals surface area contributed by atoms with Crippen LogP contribution in [0.15, 0.2) is 194 Å². The van der Waals surface area contributed by atoms with E-state index in [1.807, 2.05) is 66.7 Å². The molecule has 3 aromatic heterocycles. The van der Waals surface area contributed by atoms with Crippen molar-refractivity contribution in [3.8, 4) is 62.1 Å². The monoisotopic (exact) mass is 737 g/mol. The number of rotatable bonds is 6. The van der Waals surface area contributed by atoms with E-state index in [9.17, 15) is 0 Å². The molecule has 0 saturated carbocycles. The van der Waals surface area contributed by atoms with Crippen LogP contribution < -0.4 is 0 Å². The number of thiophene rings is 1. The van der Waals surface area contributed by atoms with Crippen molar-refractivity contribution in [3.63, 3.8) is 0 Å². The molecule has 56 heavy (non-hydrogen) atoms. The van der Waals surface area contributed by atoms with Crippen molar-refractivity contribution in [2.24, 2.45) is 0 Å². The molecule has 0 aliphatic heterocycles. The lowest BCUT2D eigenvalue weighted by molar-refractivity contribution is 1.06. The van der Waals surface area contributed by atoms with Gasteiger partial charge in [0, 0.05) is 47.6 Å². The van der Waals surface area contributed by atoms with E-state index in [1.165, 1.54) is 26.6 Å². The topological polar surface area (TPSA) is 43.6 Å². The fourth-order valence-corrected chi connectivity index (χ4v) is 9.02. The Labute approximate surface area is 334 Å². The second-order valence-electron chi connectivity index (χ2n) is 13.6. The zero-order valence-corrected chi connectivity index (χ0v) is 30.6. The largest absolute Gasteiger partial charge is 0.309 e. The average molecular weight is 738 g/mol. The molecule has 0 N–H and O–H groups in total. The third-order valence-corrected chi connectivity index (χ3v) is 11.6. The summed E-state index contributed by atoms with van der Waals surface area (Å²) < 4.78 is 47.7. The highest BCUT2D eigenvalue weighted by molar-refractivity contribution is 7.26. The Morgan fingerprint density at radius 2 is 1.02 bits per heavy atom. The van der Waals surface area contributed by atoms with Crippen LogP contribution in [0.3, 0.4) is 0 Å². The molecular weight excluding hydrogens is 701 g/mol. The van der Waals surface area contributed by atoms with Crippen molar-refractivity contribution in [1.29, 1.82) is 0 Å². The fraction of sp³-hybridized carbons (Fsp3) is 0. The van der Waals surface area contributed by atoms with Gasteiger partial charge in [0.15, 0.2) is 17.5 Å². The van der Waals surface area contributed by atoms with Crippen molar-refractivity contribution in [1.82, 2.24) is 19.5 Å². The Balaban J connectivity index is 1.12. The van der Waals surface area contributed by atoms with Gasteiger partial charge in [0.25, 0.3) is 0 Å². The summed E-state index contributed by atoms with van der Waals surface area (Å²) in [6.45, 7) is 0.